The minimum atomic E-state index is -3.76. The summed E-state index contributed by atoms with van der Waals surface area (Å²) in [6.45, 7) is 38.4. The Hall–Kier alpha value is -5.28. The quantitative estimate of drug-likeness (QED) is 0.0316. The molecule has 5 fully saturated rings. The molecule has 35 heteroatoms. The van der Waals surface area contributed by atoms with Gasteiger partial charge in [0.2, 0.25) is 23.5 Å². The number of hydrogen-bond acceptors (Lipinski definition) is 29. The number of nitrogens with one attached hydrogen (secondary N) is 1. The van der Waals surface area contributed by atoms with Crippen molar-refractivity contribution in [1.82, 2.24) is 15.5 Å². The molecule has 4 aromatic rings. The Balaban J connectivity index is 0.000000238. The Morgan fingerprint density at radius 2 is 0.974 bits per heavy atom. The lowest BCUT2D eigenvalue weighted by molar-refractivity contribution is -0.914. The molecule has 5 saturated heterocycles. The third-order valence-corrected chi connectivity index (χ3v) is 34.6. The van der Waals surface area contributed by atoms with E-state index in [1.165, 1.54) is 60.1 Å². The molecule has 1 amide bonds. The van der Waals surface area contributed by atoms with Crippen LogP contribution in [0.25, 0.3) is 0 Å². The highest BCUT2D eigenvalue weighted by atomic mass is 32.2. The minimum absolute atomic E-state index is 0.0313. The molecule has 0 bridgehead atoms. The van der Waals surface area contributed by atoms with Gasteiger partial charge in [0.25, 0.3) is 0 Å². The second-order valence-electron chi connectivity index (χ2n) is 35.0. The monoisotopic (exact) mass is 1690 g/mol. The first-order chi connectivity index (χ1) is 52.6. The van der Waals surface area contributed by atoms with Gasteiger partial charge < -0.3 is 62.0 Å². The first-order valence-corrected chi connectivity index (χ1v) is 46.1. The maximum atomic E-state index is 13.1. The number of hydrogen-bond donors (Lipinski definition) is 4. The predicted molar refractivity (Wildman–Crippen MR) is 423 cm³/mol. The third kappa shape index (κ3) is 24.3. The molecule has 0 aliphatic carbocycles. The molecule has 0 aromatic carbocycles. The second kappa shape index (κ2) is 39.7. The zero-order chi connectivity index (χ0) is 85.7. The first kappa shape index (κ1) is 97.6. The van der Waals surface area contributed by atoms with Gasteiger partial charge in [-0.15, -0.1) is 0 Å². The van der Waals surface area contributed by atoms with E-state index in [4.69, 9.17) is 51.3 Å². The molecule has 31 nitrogen and oxygen atoms in total. The van der Waals surface area contributed by atoms with Crippen molar-refractivity contribution in [2.75, 3.05) is 88.6 Å². The molecule has 9 rings (SSSR count). The Morgan fingerprint density at radius 1 is 0.518 bits per heavy atom. The van der Waals surface area contributed by atoms with Crippen LogP contribution in [-0.2, 0) is 133 Å². The molecule has 1 unspecified atom stereocenters. The minimum Gasteiger partial charge on any atom is -0.392 e. The normalized spacial score (nSPS) is 20.7. The number of carbonyl (C=O) groups excluding carboxylic acids is 4. The molecule has 650 valence electrons. The van der Waals surface area contributed by atoms with Gasteiger partial charge in [0.05, 0.1) is 109 Å². The summed E-state index contributed by atoms with van der Waals surface area (Å²) in [4.78, 5) is 51.2. The van der Waals surface area contributed by atoms with E-state index < -0.39 is 133 Å². The molecule has 9 heterocycles. The van der Waals surface area contributed by atoms with Crippen molar-refractivity contribution < 1.29 is 124 Å². The lowest BCUT2D eigenvalue weighted by Crippen LogP contribution is -2.57. The molecule has 0 saturated carbocycles. The topological polar surface area (TPSA) is 437 Å². The summed E-state index contributed by atoms with van der Waals surface area (Å²) in [6.07, 6.45) is 5.50. The van der Waals surface area contributed by atoms with E-state index in [2.05, 4.69) is 20.8 Å². The predicted octanol–water partition coefficient (Wildman–Crippen LogP) is 8.12. The van der Waals surface area contributed by atoms with Gasteiger partial charge in [-0.3, -0.25) is 24.5 Å². The van der Waals surface area contributed by atoms with Gasteiger partial charge in [-0.2, -0.15) is 0 Å². The van der Waals surface area contributed by atoms with E-state index in [0.29, 0.717) is 120 Å². The smallest absolute Gasteiger partial charge is 0.247 e. The molecule has 114 heavy (non-hydrogen) atoms. The number of aliphatic hydroxyl groups is 3. The zero-order valence-corrected chi connectivity index (χ0v) is 73.9. The van der Waals surface area contributed by atoms with Crippen molar-refractivity contribution >= 4 is 68.5 Å². The van der Waals surface area contributed by atoms with Crippen LogP contribution in [0.1, 0.15) is 237 Å². The van der Waals surface area contributed by atoms with Gasteiger partial charge >= 0.3 is 0 Å². The number of aliphatic hydroxyl groups excluding tert-OH is 3. The molecule has 4 aromatic heterocycles. The van der Waals surface area contributed by atoms with Gasteiger partial charge in [0, 0.05) is 94.5 Å². The van der Waals surface area contributed by atoms with E-state index >= 15 is 0 Å². The Kier molecular flexibility index (Phi) is 34.0. The number of rotatable bonds is 35. The average Bonchev–Trinajstić information content (AvgIpc) is 0.924. The van der Waals surface area contributed by atoms with Crippen molar-refractivity contribution in [3.05, 3.63) is 64.8 Å². The molecular formula is C79H130N5O26S4+. The van der Waals surface area contributed by atoms with Gasteiger partial charge in [-0.1, -0.05) is 63.9 Å². The maximum Gasteiger partial charge on any atom is 0.247 e. The van der Waals surface area contributed by atoms with Gasteiger partial charge in [-0.05, 0) is 157 Å². The number of amides is 1. The van der Waals surface area contributed by atoms with E-state index in [-0.39, 0.29) is 73.2 Å². The van der Waals surface area contributed by atoms with Crippen molar-refractivity contribution in [2.24, 2.45) is 11.8 Å². The molecular weight excluding hydrogens is 1560 g/mol. The number of ketones is 3. The van der Waals surface area contributed by atoms with Crippen LogP contribution in [0.3, 0.4) is 0 Å². The number of ether oxygens (including phenoxy) is 7. The van der Waals surface area contributed by atoms with E-state index in [1.807, 2.05) is 48.5 Å². The molecule has 8 atom stereocenters. The molecule has 4 N–H and O–H groups in total. The summed E-state index contributed by atoms with van der Waals surface area (Å²) in [5.74, 6) is -0.750. The van der Waals surface area contributed by atoms with E-state index in [0.717, 1.165) is 38.5 Å². The number of aromatic nitrogens is 4. The average molecular weight is 1690 g/mol. The van der Waals surface area contributed by atoms with Crippen molar-refractivity contribution in [3.8, 4) is 0 Å². The van der Waals surface area contributed by atoms with Gasteiger partial charge in [0.1, 0.15) is 36.6 Å². The number of sulfone groups is 4. The van der Waals surface area contributed by atoms with Crippen molar-refractivity contribution in [2.45, 2.75) is 305 Å². The van der Waals surface area contributed by atoms with Gasteiger partial charge in [-0.25, -0.2) is 38.2 Å². The van der Waals surface area contributed by atoms with Gasteiger partial charge in [0.15, 0.2) is 68.7 Å². The lowest BCUT2D eigenvalue weighted by Gasteiger charge is -2.35. The fourth-order valence-corrected chi connectivity index (χ4v) is 19.2. The number of nitrogens with zero attached hydrogens (tertiary/aromatic N) is 4. The molecule has 0 spiro atoms. The number of anilines is 1. The van der Waals surface area contributed by atoms with E-state index in [1.54, 1.807) is 65.1 Å². The Morgan fingerprint density at radius 3 is 1.40 bits per heavy atom. The molecule has 0 radical (unpaired) electrons. The summed E-state index contributed by atoms with van der Waals surface area (Å²) < 4.78 is 158. The van der Waals surface area contributed by atoms with Crippen LogP contribution >= 0.6 is 0 Å². The summed E-state index contributed by atoms with van der Waals surface area (Å²) in [5, 5.41) is 43.7. The summed E-state index contributed by atoms with van der Waals surface area (Å²) in [6, 6.07) is 6.48. The fraction of sp³-hybridized carbons (Fsp3) is 0.797. The standard InChI is InChI=1S/C23H38N2O7S.2C19H31NO6S.C18H30NO7S/c1-6-18(31-20-9-7-8-12-30-20)22(2,3)17-15-19(32-25-17)24-21(26)23(4,5)33(27,28)16-10-13-29-14-11-16;2*1-13(21)18(2,3)16-10-15(26-20-16)11-17(22)19(4,5)27(23,24)9-7-14-6-8-25-12-14;1-13(20)17(2,3)19-7-6-14(26-19)10-16(21)18(4,5)27(22,23)12-15-11-24-8-9-25-15/h15-16,18,20H,6-14H2,1-5H3,(H,24,26);2*10,13-14,21H,6-9,11-12H2,1-5H3;6-7,13,15,20H,8-12H2,1-5H3/q;;;+1/t18-,20?;13-,14+;13-,14-;13-,15+/m1000/s1. The highest BCUT2D eigenvalue weighted by Crippen LogP contribution is 2.37. The van der Waals surface area contributed by atoms with Crippen LogP contribution in [0.2, 0.25) is 0 Å². The summed E-state index contributed by atoms with van der Waals surface area (Å²) in [7, 11) is -14.7. The number of Topliss-reactive ketones (excluding diaryl/α,β-unsaturated/α-hetero) is 3. The Labute approximate surface area is 674 Å². The highest BCUT2D eigenvalue weighted by molar-refractivity contribution is 7.94. The largest absolute Gasteiger partial charge is 0.392 e. The fourth-order valence-electron chi connectivity index (χ4n) is 12.6. The lowest BCUT2D eigenvalue weighted by atomic mass is 9.81. The number of carbonyl (C=O) groups is 4. The summed E-state index contributed by atoms with van der Waals surface area (Å²) in [5.41, 5.74) is -0.784. The molecule has 5 aliphatic heterocycles. The summed E-state index contributed by atoms with van der Waals surface area (Å²) >= 11 is 0. The third-order valence-electron chi connectivity index (χ3n) is 23.9. The van der Waals surface area contributed by atoms with Crippen molar-refractivity contribution in [3.63, 3.8) is 0 Å². The van der Waals surface area contributed by atoms with Crippen molar-refractivity contribution in [1.29, 1.82) is 0 Å². The first-order valence-electron chi connectivity index (χ1n) is 39.6. The Bertz CT molecular complexity index is 4120. The van der Waals surface area contributed by atoms with Crippen LogP contribution < -0.4 is 10.1 Å². The van der Waals surface area contributed by atoms with Crippen LogP contribution in [0.15, 0.2) is 48.6 Å². The van der Waals surface area contributed by atoms with Crippen LogP contribution in [0.4, 0.5) is 5.88 Å². The SMILES string of the molecule is CC[C@@H](OC1CCCCO1)C(C)(C)c1cc(NC(=O)C(C)(C)S(=O)(=O)C2CCOCC2)on1.C[C@H](O)C(C)(C)[n+]1ccc(CC(=O)C(C)(C)S(=O)(=O)C[C@H]2COCCO2)o1.C[C@H](O)C(C)(C)c1cc(CC(=O)C(C)(C)S(=O)(=O)CC[C@@H]2CCOC2)on1.C[C@H](O)C(C)(C)c1cc(CC(=O)C(C)(C)S(=O)(=O)CC[C@H]2CCOC2)on1. The van der Waals surface area contributed by atoms with Crippen LogP contribution in [-0.4, -0.2) is 232 Å². The van der Waals surface area contributed by atoms with E-state index in [9.17, 15) is 68.2 Å². The highest BCUT2D eigenvalue weighted by Gasteiger charge is 2.50. The van der Waals surface area contributed by atoms with Crippen LogP contribution in [0.5, 0.6) is 0 Å². The maximum absolute atomic E-state index is 13.1. The zero-order valence-electron chi connectivity index (χ0n) is 70.6. The van der Waals surface area contributed by atoms with Crippen LogP contribution in [0, 0.1) is 11.8 Å². The second-order valence-corrected chi connectivity index (χ2v) is 45.7. The molecule has 5 aliphatic rings.